The van der Waals surface area contributed by atoms with Gasteiger partial charge in [0, 0.05) is 19.1 Å². The third kappa shape index (κ3) is 3.35. The lowest BCUT2D eigenvalue weighted by Crippen LogP contribution is -2.41. The van der Waals surface area contributed by atoms with Gasteiger partial charge in [0.15, 0.2) is 0 Å². The van der Waals surface area contributed by atoms with Gasteiger partial charge in [-0.15, -0.1) is 0 Å². The molecule has 1 aliphatic rings. The van der Waals surface area contributed by atoms with E-state index in [0.29, 0.717) is 6.54 Å². The zero-order valence-corrected chi connectivity index (χ0v) is 11.9. The maximum absolute atomic E-state index is 12.5. The van der Waals surface area contributed by atoms with Gasteiger partial charge in [-0.05, 0) is 32.3 Å². The molecule has 3 heteroatoms. The van der Waals surface area contributed by atoms with Gasteiger partial charge in [0.05, 0.1) is 5.92 Å². The van der Waals surface area contributed by atoms with Crippen LogP contribution in [0.4, 0.5) is 0 Å². The average Bonchev–Trinajstić information content (AvgIpc) is 2.81. The Balaban J connectivity index is 2.05. The fourth-order valence-corrected chi connectivity index (χ4v) is 2.91. The van der Waals surface area contributed by atoms with Crippen molar-refractivity contribution in [3.8, 4) is 0 Å². The average molecular weight is 260 g/mol. The highest BCUT2D eigenvalue weighted by molar-refractivity contribution is 5.79. The van der Waals surface area contributed by atoms with Crippen LogP contribution < -0.4 is 5.73 Å². The molecule has 0 aromatic heterocycles. The van der Waals surface area contributed by atoms with Gasteiger partial charge < -0.3 is 10.6 Å². The van der Waals surface area contributed by atoms with Crippen molar-refractivity contribution in [1.29, 1.82) is 0 Å². The zero-order valence-electron chi connectivity index (χ0n) is 11.9. The summed E-state index contributed by atoms with van der Waals surface area (Å²) in [5.41, 5.74) is 8.47. The molecule has 1 fully saturated rings. The van der Waals surface area contributed by atoms with Crippen molar-refractivity contribution in [2.24, 2.45) is 11.7 Å². The van der Waals surface area contributed by atoms with Crippen molar-refractivity contribution in [3.05, 3.63) is 35.4 Å². The van der Waals surface area contributed by atoms with Crippen LogP contribution in [0.15, 0.2) is 24.3 Å². The lowest BCUT2D eigenvalue weighted by molar-refractivity contribution is -0.136. The molecule has 0 bridgehead atoms. The second kappa shape index (κ2) is 6.20. The lowest BCUT2D eigenvalue weighted by Gasteiger charge is -2.26. The molecule has 0 heterocycles. The topological polar surface area (TPSA) is 46.3 Å². The summed E-state index contributed by atoms with van der Waals surface area (Å²) in [6.07, 6.45) is 3.02. The predicted octanol–water partition coefficient (Wildman–Crippen LogP) is 2.47. The molecule has 1 amide bonds. The Kier molecular flexibility index (Phi) is 4.59. The van der Waals surface area contributed by atoms with Gasteiger partial charge in [0.25, 0.3) is 0 Å². The molecule has 1 aliphatic carbocycles. The van der Waals surface area contributed by atoms with Crippen LogP contribution in [0.1, 0.15) is 37.3 Å². The fraction of sp³-hybridized carbons (Fsp3) is 0.562. The molecular weight excluding hydrogens is 236 g/mol. The summed E-state index contributed by atoms with van der Waals surface area (Å²) in [6, 6.07) is 8.40. The predicted molar refractivity (Wildman–Crippen MR) is 77.6 cm³/mol. The summed E-state index contributed by atoms with van der Waals surface area (Å²) in [5, 5.41) is 0. The second-order valence-corrected chi connectivity index (χ2v) is 5.54. The summed E-state index contributed by atoms with van der Waals surface area (Å²) in [6.45, 7) is 5.55. The molecule has 2 atom stereocenters. The number of benzene rings is 1. The van der Waals surface area contributed by atoms with E-state index < -0.39 is 0 Å². The molecule has 3 nitrogen and oxygen atoms in total. The molecule has 1 aromatic carbocycles. The third-order valence-electron chi connectivity index (χ3n) is 4.04. The number of carbonyl (C=O) groups is 1. The Morgan fingerprint density at radius 3 is 2.79 bits per heavy atom. The first-order valence-electron chi connectivity index (χ1n) is 7.21. The van der Waals surface area contributed by atoms with E-state index in [1.807, 2.05) is 17.9 Å². The molecule has 0 saturated heterocycles. The van der Waals surface area contributed by atoms with Gasteiger partial charge in [-0.2, -0.15) is 0 Å². The monoisotopic (exact) mass is 260 g/mol. The summed E-state index contributed by atoms with van der Waals surface area (Å²) in [5.74, 6) is 0.263. The number of nitrogens with two attached hydrogens (primary N) is 1. The van der Waals surface area contributed by atoms with Gasteiger partial charge in [-0.1, -0.05) is 36.2 Å². The Hall–Kier alpha value is -1.35. The van der Waals surface area contributed by atoms with Gasteiger partial charge in [0.2, 0.25) is 5.91 Å². The summed E-state index contributed by atoms with van der Waals surface area (Å²) < 4.78 is 0. The van der Waals surface area contributed by atoms with E-state index in [1.165, 1.54) is 11.1 Å². The first kappa shape index (κ1) is 14.1. The fourth-order valence-electron chi connectivity index (χ4n) is 2.91. The smallest absolute Gasteiger partial charge is 0.227 e. The van der Waals surface area contributed by atoms with Crippen molar-refractivity contribution in [2.75, 3.05) is 6.54 Å². The molecule has 1 saturated carbocycles. The first-order chi connectivity index (χ1) is 9.11. The van der Waals surface area contributed by atoms with Crippen molar-refractivity contribution in [2.45, 2.75) is 45.7 Å². The third-order valence-corrected chi connectivity index (χ3v) is 4.04. The Morgan fingerprint density at radius 2 is 2.21 bits per heavy atom. The van der Waals surface area contributed by atoms with E-state index in [2.05, 4.69) is 25.1 Å². The Bertz CT molecular complexity index is 444. The number of aryl methyl sites for hydroxylation is 1. The second-order valence-electron chi connectivity index (χ2n) is 5.54. The van der Waals surface area contributed by atoms with Crippen LogP contribution >= 0.6 is 0 Å². The number of nitrogens with zero attached hydrogens (tertiary/aromatic N) is 1. The van der Waals surface area contributed by atoms with Crippen LogP contribution in [0, 0.1) is 12.8 Å². The van der Waals surface area contributed by atoms with Crippen LogP contribution in [0.3, 0.4) is 0 Å². The van der Waals surface area contributed by atoms with E-state index >= 15 is 0 Å². The minimum atomic E-state index is 0.0322. The van der Waals surface area contributed by atoms with Crippen LogP contribution in [-0.2, 0) is 11.3 Å². The molecule has 0 aliphatic heterocycles. The Morgan fingerprint density at radius 1 is 1.42 bits per heavy atom. The van der Waals surface area contributed by atoms with Crippen LogP contribution in [0.2, 0.25) is 0 Å². The van der Waals surface area contributed by atoms with Crippen molar-refractivity contribution in [1.82, 2.24) is 4.90 Å². The molecule has 19 heavy (non-hydrogen) atoms. The minimum absolute atomic E-state index is 0.0322. The van der Waals surface area contributed by atoms with E-state index in [0.717, 1.165) is 25.8 Å². The standard InChI is InChI=1S/C16H24N2O/c1-3-18(11-13-7-4-6-12(2)10-13)16(19)14-8-5-9-15(14)17/h4,6-7,10,14-15H,3,5,8-9,11,17H2,1-2H3/t14-,15-/m1/s1. The minimum Gasteiger partial charge on any atom is -0.338 e. The quantitative estimate of drug-likeness (QED) is 0.904. The number of amides is 1. The zero-order chi connectivity index (χ0) is 13.8. The van der Waals surface area contributed by atoms with Crippen molar-refractivity contribution >= 4 is 5.91 Å². The number of rotatable bonds is 4. The largest absolute Gasteiger partial charge is 0.338 e. The summed E-state index contributed by atoms with van der Waals surface area (Å²) in [7, 11) is 0. The maximum atomic E-state index is 12.5. The normalized spacial score (nSPS) is 22.5. The molecule has 104 valence electrons. The molecular formula is C16H24N2O. The van der Waals surface area contributed by atoms with Gasteiger partial charge in [-0.25, -0.2) is 0 Å². The summed E-state index contributed by atoms with van der Waals surface area (Å²) in [4.78, 5) is 14.5. The van der Waals surface area contributed by atoms with E-state index in [-0.39, 0.29) is 17.9 Å². The van der Waals surface area contributed by atoms with Crippen molar-refractivity contribution < 1.29 is 4.79 Å². The molecule has 0 spiro atoms. The highest BCUT2D eigenvalue weighted by Crippen LogP contribution is 2.26. The van der Waals surface area contributed by atoms with Gasteiger partial charge in [-0.3, -0.25) is 4.79 Å². The first-order valence-corrected chi connectivity index (χ1v) is 7.21. The molecule has 1 aromatic rings. The van der Waals surface area contributed by atoms with Gasteiger partial charge >= 0.3 is 0 Å². The van der Waals surface area contributed by atoms with Crippen molar-refractivity contribution in [3.63, 3.8) is 0 Å². The summed E-state index contributed by atoms with van der Waals surface area (Å²) >= 11 is 0. The molecule has 2 rings (SSSR count). The van der Waals surface area contributed by atoms with E-state index in [4.69, 9.17) is 5.73 Å². The van der Waals surface area contributed by atoms with E-state index in [1.54, 1.807) is 0 Å². The van der Waals surface area contributed by atoms with Crippen LogP contribution in [0.25, 0.3) is 0 Å². The number of carbonyl (C=O) groups excluding carboxylic acids is 1. The lowest BCUT2D eigenvalue weighted by atomic mass is 10.0. The van der Waals surface area contributed by atoms with Gasteiger partial charge in [0.1, 0.15) is 0 Å². The Labute approximate surface area is 115 Å². The number of hydrogen-bond donors (Lipinski definition) is 1. The number of hydrogen-bond acceptors (Lipinski definition) is 2. The van der Waals surface area contributed by atoms with E-state index in [9.17, 15) is 4.79 Å². The van der Waals surface area contributed by atoms with Crippen LogP contribution in [0.5, 0.6) is 0 Å². The SMILES string of the molecule is CCN(Cc1cccc(C)c1)C(=O)[C@@H]1CCC[C@H]1N. The molecule has 0 unspecified atom stereocenters. The molecule has 0 radical (unpaired) electrons. The maximum Gasteiger partial charge on any atom is 0.227 e. The highest BCUT2D eigenvalue weighted by Gasteiger charge is 2.32. The highest BCUT2D eigenvalue weighted by atomic mass is 16.2. The van der Waals surface area contributed by atoms with Crippen LogP contribution in [-0.4, -0.2) is 23.4 Å². The molecule has 2 N–H and O–H groups in total.